The van der Waals surface area contributed by atoms with Gasteiger partial charge in [0.25, 0.3) is 0 Å². The van der Waals surface area contributed by atoms with Crippen LogP contribution in [0.1, 0.15) is 35.7 Å². The first-order valence-electron chi connectivity index (χ1n) is 8.72. The molecule has 1 amide bonds. The highest BCUT2D eigenvalue weighted by Crippen LogP contribution is 2.35. The van der Waals surface area contributed by atoms with Crippen LogP contribution in [0.15, 0.2) is 63.6 Å². The van der Waals surface area contributed by atoms with Crippen molar-refractivity contribution >= 4 is 33.4 Å². The number of alkyl halides is 1. The van der Waals surface area contributed by atoms with Gasteiger partial charge in [0.15, 0.2) is 0 Å². The minimum Gasteiger partial charge on any atom is -0.337 e. The Bertz CT molecular complexity index is 930. The summed E-state index contributed by atoms with van der Waals surface area (Å²) in [5.41, 5.74) is 1.65. The van der Waals surface area contributed by atoms with Gasteiger partial charge in [-0.25, -0.2) is 0 Å². The molecule has 4 rings (SSSR count). The van der Waals surface area contributed by atoms with Crippen molar-refractivity contribution in [3.8, 4) is 11.4 Å². The Morgan fingerprint density at radius 3 is 2.67 bits per heavy atom. The van der Waals surface area contributed by atoms with Gasteiger partial charge in [-0.05, 0) is 42.7 Å². The molecular weight excluding hydrogens is 430 g/mol. The molecule has 1 saturated heterocycles. The summed E-state index contributed by atoms with van der Waals surface area (Å²) in [5.74, 6) is 0.840. The maximum atomic E-state index is 12.9. The molecule has 2 atom stereocenters. The number of aromatic nitrogens is 2. The zero-order valence-electron chi connectivity index (χ0n) is 14.4. The summed E-state index contributed by atoms with van der Waals surface area (Å²) in [7, 11) is 0. The van der Waals surface area contributed by atoms with Crippen LogP contribution >= 0.6 is 27.5 Å². The summed E-state index contributed by atoms with van der Waals surface area (Å²) in [5, 5.41) is 3.36. The van der Waals surface area contributed by atoms with Crippen molar-refractivity contribution in [1.29, 1.82) is 0 Å². The number of carbonyl (C=O) groups is 1. The maximum absolute atomic E-state index is 12.9. The molecule has 27 heavy (non-hydrogen) atoms. The molecule has 0 bridgehead atoms. The van der Waals surface area contributed by atoms with Crippen LogP contribution in [0.3, 0.4) is 0 Å². The van der Waals surface area contributed by atoms with Gasteiger partial charge in [-0.2, -0.15) is 4.98 Å². The number of benzene rings is 2. The SMILES string of the molecule is O=C(C(Cl)c1ccccc1)N1CCCC1c1nc(-c2ccc(Br)cc2)no1. The van der Waals surface area contributed by atoms with Crippen molar-refractivity contribution in [2.24, 2.45) is 0 Å². The predicted octanol–water partition coefficient (Wildman–Crippen LogP) is 5.14. The van der Waals surface area contributed by atoms with E-state index in [0.29, 0.717) is 18.3 Å². The fourth-order valence-electron chi connectivity index (χ4n) is 3.28. The zero-order valence-corrected chi connectivity index (χ0v) is 16.7. The van der Waals surface area contributed by atoms with Crippen molar-refractivity contribution in [2.45, 2.75) is 24.3 Å². The van der Waals surface area contributed by atoms with Crippen LogP contribution < -0.4 is 0 Å². The quantitative estimate of drug-likeness (QED) is 0.521. The summed E-state index contributed by atoms with van der Waals surface area (Å²) in [6.45, 7) is 0.634. The van der Waals surface area contributed by atoms with Gasteiger partial charge in [-0.3, -0.25) is 4.79 Å². The number of likely N-dealkylation sites (tertiary alicyclic amines) is 1. The Morgan fingerprint density at radius 2 is 1.93 bits per heavy atom. The van der Waals surface area contributed by atoms with Gasteiger partial charge in [-0.15, -0.1) is 11.6 Å². The number of nitrogens with zero attached hydrogens (tertiary/aromatic N) is 3. The number of halogens is 2. The van der Waals surface area contributed by atoms with Gasteiger partial charge >= 0.3 is 0 Å². The second kappa shape index (κ2) is 7.82. The molecule has 0 N–H and O–H groups in total. The third kappa shape index (κ3) is 3.77. The standard InChI is InChI=1S/C20H17BrClN3O2/c21-15-10-8-14(9-11-15)18-23-19(27-24-18)16-7-4-12-25(16)20(26)17(22)13-5-2-1-3-6-13/h1-3,5-6,8-11,16-17H,4,7,12H2. The molecule has 1 aliphatic heterocycles. The largest absolute Gasteiger partial charge is 0.337 e. The van der Waals surface area contributed by atoms with E-state index in [1.165, 1.54) is 0 Å². The van der Waals surface area contributed by atoms with Crippen LogP contribution in [-0.2, 0) is 4.79 Å². The van der Waals surface area contributed by atoms with Gasteiger partial charge < -0.3 is 9.42 Å². The second-order valence-corrected chi connectivity index (χ2v) is 7.78. The molecule has 7 heteroatoms. The van der Waals surface area contributed by atoms with Gasteiger partial charge in [-0.1, -0.05) is 51.4 Å². The Balaban J connectivity index is 1.55. The highest BCUT2D eigenvalue weighted by molar-refractivity contribution is 9.10. The first kappa shape index (κ1) is 18.2. The van der Waals surface area contributed by atoms with Crippen LogP contribution in [0.25, 0.3) is 11.4 Å². The molecule has 0 saturated carbocycles. The molecule has 5 nitrogen and oxygen atoms in total. The molecule has 3 aromatic rings. The van der Waals surface area contributed by atoms with Gasteiger partial charge in [0, 0.05) is 16.6 Å². The fraction of sp³-hybridized carbons (Fsp3) is 0.250. The average Bonchev–Trinajstić information content (AvgIpc) is 3.37. The Hall–Kier alpha value is -2.18. The normalized spacial score (nSPS) is 17.9. The lowest BCUT2D eigenvalue weighted by molar-refractivity contribution is -0.132. The number of hydrogen-bond donors (Lipinski definition) is 0. The molecular formula is C20H17BrClN3O2. The third-order valence-electron chi connectivity index (χ3n) is 4.67. The summed E-state index contributed by atoms with van der Waals surface area (Å²) >= 11 is 9.86. The smallest absolute Gasteiger partial charge is 0.249 e. The number of hydrogen-bond acceptors (Lipinski definition) is 4. The van der Waals surface area contributed by atoms with Crippen molar-refractivity contribution < 1.29 is 9.32 Å². The molecule has 1 fully saturated rings. The van der Waals surface area contributed by atoms with Gasteiger partial charge in [0.05, 0.1) is 0 Å². The summed E-state index contributed by atoms with van der Waals surface area (Å²) in [6, 6.07) is 16.8. The van der Waals surface area contributed by atoms with Crippen molar-refractivity contribution in [3.05, 3.63) is 70.5 Å². The highest BCUT2D eigenvalue weighted by atomic mass is 79.9. The van der Waals surface area contributed by atoms with Crippen LogP contribution in [0.2, 0.25) is 0 Å². The average molecular weight is 447 g/mol. The van der Waals surface area contributed by atoms with E-state index in [1.807, 2.05) is 54.6 Å². The summed E-state index contributed by atoms with van der Waals surface area (Å²) in [6.07, 6.45) is 1.66. The number of amides is 1. The van der Waals surface area contributed by atoms with Crippen molar-refractivity contribution in [2.75, 3.05) is 6.54 Å². The van der Waals surface area contributed by atoms with Gasteiger partial charge in [0.1, 0.15) is 11.4 Å². The molecule has 0 radical (unpaired) electrons. The van der Waals surface area contributed by atoms with Crippen LogP contribution in [0, 0.1) is 0 Å². The molecule has 2 unspecified atom stereocenters. The zero-order chi connectivity index (χ0) is 18.8. The number of rotatable bonds is 4. The minimum absolute atomic E-state index is 0.131. The third-order valence-corrected chi connectivity index (χ3v) is 5.64. The predicted molar refractivity (Wildman–Crippen MR) is 106 cm³/mol. The van der Waals surface area contributed by atoms with E-state index >= 15 is 0 Å². The lowest BCUT2D eigenvalue weighted by atomic mass is 10.1. The van der Waals surface area contributed by atoms with E-state index in [9.17, 15) is 4.79 Å². The first-order chi connectivity index (χ1) is 13.1. The highest BCUT2D eigenvalue weighted by Gasteiger charge is 2.37. The Morgan fingerprint density at radius 1 is 1.19 bits per heavy atom. The van der Waals surface area contributed by atoms with Crippen LogP contribution in [-0.4, -0.2) is 27.5 Å². The summed E-state index contributed by atoms with van der Waals surface area (Å²) in [4.78, 5) is 19.2. The molecule has 1 aromatic heterocycles. The number of carbonyl (C=O) groups excluding carboxylic acids is 1. The molecule has 2 heterocycles. The van der Waals surface area contributed by atoms with E-state index < -0.39 is 5.38 Å². The van der Waals surface area contributed by atoms with E-state index in [2.05, 4.69) is 26.1 Å². The summed E-state index contributed by atoms with van der Waals surface area (Å²) < 4.78 is 6.47. The lowest BCUT2D eigenvalue weighted by Gasteiger charge is -2.24. The van der Waals surface area contributed by atoms with Crippen molar-refractivity contribution in [1.82, 2.24) is 15.0 Å². The molecule has 2 aromatic carbocycles. The van der Waals surface area contributed by atoms with E-state index in [0.717, 1.165) is 28.4 Å². The van der Waals surface area contributed by atoms with Crippen LogP contribution in [0.4, 0.5) is 0 Å². The maximum Gasteiger partial charge on any atom is 0.249 e. The monoisotopic (exact) mass is 445 g/mol. The minimum atomic E-state index is -0.722. The fourth-order valence-corrected chi connectivity index (χ4v) is 3.82. The van der Waals surface area contributed by atoms with E-state index in [1.54, 1.807) is 4.90 Å². The lowest BCUT2D eigenvalue weighted by Crippen LogP contribution is -2.33. The molecule has 138 valence electrons. The van der Waals surface area contributed by atoms with Gasteiger partial charge in [0.2, 0.25) is 17.6 Å². The topological polar surface area (TPSA) is 59.2 Å². The molecule has 1 aliphatic rings. The van der Waals surface area contributed by atoms with E-state index in [-0.39, 0.29) is 11.9 Å². The molecule has 0 spiro atoms. The Kier molecular flexibility index (Phi) is 5.27. The van der Waals surface area contributed by atoms with Crippen LogP contribution in [0.5, 0.6) is 0 Å². The molecule has 0 aliphatic carbocycles. The first-order valence-corrected chi connectivity index (χ1v) is 9.95. The second-order valence-electron chi connectivity index (χ2n) is 6.43. The van der Waals surface area contributed by atoms with Crippen molar-refractivity contribution in [3.63, 3.8) is 0 Å². The Labute approximate surface area is 170 Å². The van der Waals surface area contributed by atoms with E-state index in [4.69, 9.17) is 16.1 Å².